The fourth-order valence-electron chi connectivity index (χ4n) is 2.33. The van der Waals surface area contributed by atoms with E-state index in [2.05, 4.69) is 40.4 Å². The Morgan fingerprint density at radius 3 is 3.00 bits per heavy atom. The molecule has 0 bridgehead atoms. The molecule has 3 nitrogen and oxygen atoms in total. The zero-order valence-electron chi connectivity index (χ0n) is 10.0. The first-order valence-corrected chi connectivity index (χ1v) is 6.97. The molecule has 17 heavy (non-hydrogen) atoms. The lowest BCUT2D eigenvalue weighted by atomic mass is 10.1. The molecule has 0 atom stereocenters. The van der Waals surface area contributed by atoms with Gasteiger partial charge in [0.05, 0.1) is 15.7 Å². The lowest BCUT2D eigenvalue weighted by Crippen LogP contribution is -2.36. The molecule has 90 valence electrons. The van der Waals surface area contributed by atoms with E-state index < -0.39 is 0 Å². The number of aromatic nitrogens is 1. The Hall–Kier alpha value is -1.13. The molecule has 0 amide bonds. The summed E-state index contributed by atoms with van der Waals surface area (Å²) in [7, 11) is 2.19. The average Bonchev–Trinajstić information content (AvgIpc) is 2.79. The highest BCUT2D eigenvalue weighted by Crippen LogP contribution is 2.23. The van der Waals surface area contributed by atoms with Crippen LogP contribution in [-0.4, -0.2) is 36.1 Å². The number of fused-ring (bicyclic) bond motifs is 1. The molecule has 2 aromatic rings. The van der Waals surface area contributed by atoms with Crippen molar-refractivity contribution >= 4 is 27.2 Å². The Morgan fingerprint density at radius 2 is 2.18 bits per heavy atom. The van der Waals surface area contributed by atoms with E-state index >= 15 is 0 Å². The van der Waals surface area contributed by atoms with Crippen LogP contribution in [-0.2, 0) is 0 Å². The summed E-state index contributed by atoms with van der Waals surface area (Å²) in [6.45, 7) is 2.39. The third-order valence-corrected chi connectivity index (χ3v) is 4.21. The predicted octanol–water partition coefficient (Wildman–Crippen LogP) is 2.80. The summed E-state index contributed by atoms with van der Waals surface area (Å²) in [5.41, 5.74) is 4.24. The Kier molecular flexibility index (Phi) is 2.99. The standard InChI is InChI=1S/C13H17N3S/c1-16-6-4-10(5-7-16)15-11-2-3-12-13(8-11)17-9-14-12/h2-3,8-10,15H,4-7H2,1H3. The Morgan fingerprint density at radius 1 is 1.35 bits per heavy atom. The van der Waals surface area contributed by atoms with Crippen LogP contribution < -0.4 is 5.32 Å². The minimum Gasteiger partial charge on any atom is -0.382 e. The van der Waals surface area contributed by atoms with Crippen LogP contribution >= 0.6 is 11.3 Å². The van der Waals surface area contributed by atoms with E-state index in [0.717, 1.165) is 5.52 Å². The summed E-state index contributed by atoms with van der Waals surface area (Å²) in [5.74, 6) is 0. The second-order valence-corrected chi connectivity index (χ2v) is 5.64. The highest BCUT2D eigenvalue weighted by molar-refractivity contribution is 7.16. The molecule has 1 aromatic carbocycles. The van der Waals surface area contributed by atoms with Gasteiger partial charge in [0.15, 0.2) is 0 Å². The monoisotopic (exact) mass is 247 g/mol. The van der Waals surface area contributed by atoms with Gasteiger partial charge in [0.2, 0.25) is 0 Å². The number of thiazole rings is 1. The van der Waals surface area contributed by atoms with Crippen molar-refractivity contribution in [1.29, 1.82) is 0 Å². The van der Waals surface area contributed by atoms with E-state index in [1.54, 1.807) is 11.3 Å². The van der Waals surface area contributed by atoms with Crippen LogP contribution in [0.15, 0.2) is 23.7 Å². The van der Waals surface area contributed by atoms with Gasteiger partial charge in [-0.3, -0.25) is 0 Å². The first kappa shape index (κ1) is 11.0. The second kappa shape index (κ2) is 4.63. The van der Waals surface area contributed by atoms with Crippen LogP contribution in [0.3, 0.4) is 0 Å². The quantitative estimate of drug-likeness (QED) is 0.884. The SMILES string of the molecule is CN1CCC(Nc2ccc3ncsc3c2)CC1. The number of hydrogen-bond donors (Lipinski definition) is 1. The number of rotatable bonds is 2. The van der Waals surface area contributed by atoms with Gasteiger partial charge in [-0.05, 0) is 51.2 Å². The molecule has 0 spiro atoms. The van der Waals surface area contributed by atoms with Gasteiger partial charge in [-0.1, -0.05) is 0 Å². The summed E-state index contributed by atoms with van der Waals surface area (Å²) < 4.78 is 1.27. The minimum absolute atomic E-state index is 0.622. The molecule has 2 heterocycles. The van der Waals surface area contributed by atoms with Gasteiger partial charge in [0, 0.05) is 11.7 Å². The van der Waals surface area contributed by atoms with Gasteiger partial charge >= 0.3 is 0 Å². The van der Waals surface area contributed by atoms with Crippen LogP contribution in [0, 0.1) is 0 Å². The van der Waals surface area contributed by atoms with Crippen molar-refractivity contribution in [2.24, 2.45) is 0 Å². The van der Waals surface area contributed by atoms with Crippen LogP contribution in [0.1, 0.15) is 12.8 Å². The second-order valence-electron chi connectivity index (χ2n) is 4.76. The number of nitrogens with zero attached hydrogens (tertiary/aromatic N) is 2. The van der Waals surface area contributed by atoms with E-state index in [1.165, 1.54) is 36.3 Å². The zero-order chi connectivity index (χ0) is 11.7. The highest BCUT2D eigenvalue weighted by Gasteiger charge is 2.16. The maximum Gasteiger partial charge on any atom is 0.0813 e. The average molecular weight is 247 g/mol. The summed E-state index contributed by atoms with van der Waals surface area (Å²) in [6, 6.07) is 7.08. The van der Waals surface area contributed by atoms with Crippen LogP contribution in [0.2, 0.25) is 0 Å². The minimum atomic E-state index is 0.622. The molecular weight excluding hydrogens is 230 g/mol. The van der Waals surface area contributed by atoms with Gasteiger partial charge in [0.1, 0.15) is 0 Å². The van der Waals surface area contributed by atoms with Crippen molar-refractivity contribution in [1.82, 2.24) is 9.88 Å². The lowest BCUT2D eigenvalue weighted by molar-refractivity contribution is 0.264. The number of anilines is 1. The van der Waals surface area contributed by atoms with Gasteiger partial charge in [0.25, 0.3) is 0 Å². The number of benzene rings is 1. The van der Waals surface area contributed by atoms with E-state index in [1.807, 2.05) is 5.51 Å². The molecular formula is C13H17N3S. The Balaban J connectivity index is 1.71. The Labute approximate surface area is 105 Å². The van der Waals surface area contributed by atoms with Gasteiger partial charge < -0.3 is 10.2 Å². The van der Waals surface area contributed by atoms with E-state index in [9.17, 15) is 0 Å². The maximum absolute atomic E-state index is 4.30. The smallest absolute Gasteiger partial charge is 0.0813 e. The van der Waals surface area contributed by atoms with Crippen molar-refractivity contribution in [3.05, 3.63) is 23.7 Å². The zero-order valence-corrected chi connectivity index (χ0v) is 10.8. The molecule has 1 aromatic heterocycles. The first-order valence-electron chi connectivity index (χ1n) is 6.09. The molecule has 4 heteroatoms. The summed E-state index contributed by atoms with van der Waals surface area (Å²) >= 11 is 1.70. The molecule has 3 rings (SSSR count). The van der Waals surface area contributed by atoms with Crippen molar-refractivity contribution in [3.63, 3.8) is 0 Å². The summed E-state index contributed by atoms with van der Waals surface area (Å²) in [6.07, 6.45) is 2.47. The Bertz CT molecular complexity index is 500. The fourth-order valence-corrected chi connectivity index (χ4v) is 3.05. The van der Waals surface area contributed by atoms with Gasteiger partial charge in [-0.15, -0.1) is 11.3 Å². The molecule has 0 unspecified atom stereocenters. The molecule has 0 aliphatic carbocycles. The predicted molar refractivity (Wildman–Crippen MR) is 73.8 cm³/mol. The van der Waals surface area contributed by atoms with Crippen molar-refractivity contribution in [3.8, 4) is 0 Å². The molecule has 1 fully saturated rings. The van der Waals surface area contributed by atoms with E-state index in [0.29, 0.717) is 6.04 Å². The van der Waals surface area contributed by atoms with Crippen LogP contribution in [0.25, 0.3) is 10.2 Å². The number of piperidine rings is 1. The third-order valence-electron chi connectivity index (χ3n) is 3.42. The van der Waals surface area contributed by atoms with Gasteiger partial charge in [-0.2, -0.15) is 0 Å². The number of nitrogens with one attached hydrogen (secondary N) is 1. The lowest BCUT2D eigenvalue weighted by Gasteiger charge is -2.30. The van der Waals surface area contributed by atoms with Crippen LogP contribution in [0.4, 0.5) is 5.69 Å². The topological polar surface area (TPSA) is 28.2 Å². The summed E-state index contributed by atoms with van der Waals surface area (Å²) in [5, 5.41) is 3.64. The highest BCUT2D eigenvalue weighted by atomic mass is 32.1. The van der Waals surface area contributed by atoms with Gasteiger partial charge in [-0.25, -0.2) is 4.98 Å². The van der Waals surface area contributed by atoms with Crippen molar-refractivity contribution in [2.75, 3.05) is 25.5 Å². The normalized spacial score (nSPS) is 18.6. The molecule has 0 radical (unpaired) electrons. The third kappa shape index (κ3) is 2.42. The first-order chi connectivity index (χ1) is 8.31. The number of likely N-dealkylation sites (tertiary alicyclic amines) is 1. The van der Waals surface area contributed by atoms with E-state index in [-0.39, 0.29) is 0 Å². The molecule has 1 saturated heterocycles. The van der Waals surface area contributed by atoms with Crippen LogP contribution in [0.5, 0.6) is 0 Å². The maximum atomic E-state index is 4.30. The molecule has 1 N–H and O–H groups in total. The van der Waals surface area contributed by atoms with Crippen molar-refractivity contribution < 1.29 is 0 Å². The molecule has 0 saturated carbocycles. The molecule has 1 aliphatic rings. The fraction of sp³-hybridized carbons (Fsp3) is 0.462. The largest absolute Gasteiger partial charge is 0.382 e. The molecule has 1 aliphatic heterocycles. The van der Waals surface area contributed by atoms with E-state index in [4.69, 9.17) is 0 Å². The van der Waals surface area contributed by atoms with Crippen molar-refractivity contribution in [2.45, 2.75) is 18.9 Å². The number of hydrogen-bond acceptors (Lipinski definition) is 4. The summed E-state index contributed by atoms with van der Waals surface area (Å²) in [4.78, 5) is 6.69.